The molecular formula is C28H23FN8O2. The lowest BCUT2D eigenvalue weighted by molar-refractivity contribution is -0.116. The third kappa shape index (κ3) is 4.77. The summed E-state index contributed by atoms with van der Waals surface area (Å²) < 4.78 is 14.0. The van der Waals surface area contributed by atoms with Crippen molar-refractivity contribution in [3.8, 4) is 39.7 Å². The quantitative estimate of drug-likeness (QED) is 0.214. The van der Waals surface area contributed by atoms with Gasteiger partial charge in [0.25, 0.3) is 0 Å². The molecule has 194 valence electrons. The summed E-state index contributed by atoms with van der Waals surface area (Å²) >= 11 is 0. The number of benzene rings is 1. The van der Waals surface area contributed by atoms with Crippen LogP contribution in [0.15, 0.2) is 61.3 Å². The second kappa shape index (κ2) is 9.93. The number of aromatic nitrogens is 7. The molecule has 0 aliphatic heterocycles. The molecule has 10 nitrogen and oxygen atoms in total. The van der Waals surface area contributed by atoms with Gasteiger partial charge in [0.2, 0.25) is 5.91 Å². The molecule has 6 rings (SSSR count). The zero-order valence-corrected chi connectivity index (χ0v) is 20.9. The molecule has 0 atom stereocenters. The lowest BCUT2D eigenvalue weighted by Crippen LogP contribution is -2.11. The second-order valence-electron chi connectivity index (χ2n) is 9.17. The maximum absolute atomic E-state index is 14.0. The van der Waals surface area contributed by atoms with Gasteiger partial charge in [-0.1, -0.05) is 13.3 Å². The van der Waals surface area contributed by atoms with Crippen molar-refractivity contribution in [1.29, 1.82) is 0 Å². The monoisotopic (exact) mass is 522 g/mol. The molecule has 4 N–H and O–H groups in total. The van der Waals surface area contributed by atoms with E-state index in [0.717, 1.165) is 29.9 Å². The van der Waals surface area contributed by atoms with Crippen molar-refractivity contribution >= 4 is 33.5 Å². The van der Waals surface area contributed by atoms with Crippen molar-refractivity contribution in [2.24, 2.45) is 0 Å². The average Bonchev–Trinajstić information content (AvgIpc) is 3.55. The van der Waals surface area contributed by atoms with E-state index >= 15 is 0 Å². The molecular weight excluding hydrogens is 499 g/mol. The molecule has 1 aromatic carbocycles. The van der Waals surface area contributed by atoms with Gasteiger partial charge >= 0.3 is 0 Å². The van der Waals surface area contributed by atoms with Gasteiger partial charge in [-0.3, -0.25) is 24.8 Å². The number of hydrogen-bond donors (Lipinski definition) is 4. The van der Waals surface area contributed by atoms with E-state index in [9.17, 15) is 14.3 Å². The molecule has 0 saturated carbocycles. The van der Waals surface area contributed by atoms with Crippen LogP contribution < -0.4 is 5.32 Å². The molecule has 1 amide bonds. The number of aromatic hydroxyl groups is 1. The van der Waals surface area contributed by atoms with E-state index in [-0.39, 0.29) is 11.7 Å². The molecule has 0 spiro atoms. The number of pyridine rings is 3. The maximum Gasteiger partial charge on any atom is 0.224 e. The highest BCUT2D eigenvalue weighted by Gasteiger charge is 2.17. The summed E-state index contributed by atoms with van der Waals surface area (Å²) in [6, 6.07) is 7.54. The molecule has 0 fully saturated rings. The largest absolute Gasteiger partial charge is 0.508 e. The van der Waals surface area contributed by atoms with Crippen LogP contribution >= 0.6 is 0 Å². The number of phenolic OH excluding ortho intramolecular Hbond substituents is 1. The zero-order valence-electron chi connectivity index (χ0n) is 20.9. The van der Waals surface area contributed by atoms with Gasteiger partial charge in [-0.15, -0.1) is 0 Å². The Kier molecular flexibility index (Phi) is 6.16. The van der Waals surface area contributed by atoms with Gasteiger partial charge in [-0.2, -0.15) is 5.10 Å². The van der Waals surface area contributed by atoms with Crippen LogP contribution in [-0.2, 0) is 4.79 Å². The minimum Gasteiger partial charge on any atom is -0.508 e. The third-order valence-electron chi connectivity index (χ3n) is 6.33. The number of fused-ring (bicyclic) bond motifs is 2. The molecule has 0 aliphatic carbocycles. The number of anilines is 1. The first-order chi connectivity index (χ1) is 19.0. The van der Waals surface area contributed by atoms with Crippen LogP contribution in [0.3, 0.4) is 0 Å². The number of aromatic amines is 2. The summed E-state index contributed by atoms with van der Waals surface area (Å²) in [7, 11) is 0. The summed E-state index contributed by atoms with van der Waals surface area (Å²) in [4.78, 5) is 33.2. The molecule has 5 aromatic heterocycles. The van der Waals surface area contributed by atoms with Crippen molar-refractivity contribution in [1.82, 2.24) is 35.1 Å². The van der Waals surface area contributed by atoms with Crippen molar-refractivity contribution in [3.63, 3.8) is 0 Å². The van der Waals surface area contributed by atoms with Gasteiger partial charge in [-0.25, -0.2) is 9.37 Å². The first kappa shape index (κ1) is 24.2. The standard InChI is InChI=1S/C28H23FN8O2/c1-2-3-4-25(39)33-18-6-16(10-30-11-18)22-9-20-23(14-32-22)36-37-27(20)28-34-24-13-31-12-21(26(24)35-28)15-5-17(29)8-19(38)7-15/h5-14,38H,2-4H2,1H3,(H,33,39)(H,34,35)(H,36,37). The van der Waals surface area contributed by atoms with Crippen LogP contribution in [0.2, 0.25) is 0 Å². The Balaban J connectivity index is 1.38. The van der Waals surface area contributed by atoms with E-state index in [1.165, 1.54) is 12.1 Å². The van der Waals surface area contributed by atoms with E-state index in [0.29, 0.717) is 57.0 Å². The predicted molar refractivity (Wildman–Crippen MR) is 145 cm³/mol. The molecule has 0 aliphatic rings. The molecule has 0 saturated heterocycles. The van der Waals surface area contributed by atoms with Gasteiger partial charge in [0.1, 0.15) is 17.3 Å². The molecule has 0 bridgehead atoms. The Labute approximate surface area is 221 Å². The summed E-state index contributed by atoms with van der Waals surface area (Å²) in [5.74, 6) is -0.313. The first-order valence-corrected chi connectivity index (χ1v) is 12.4. The minimum absolute atomic E-state index is 0.0523. The van der Waals surface area contributed by atoms with Crippen molar-refractivity contribution in [2.45, 2.75) is 26.2 Å². The lowest BCUT2D eigenvalue weighted by Gasteiger charge is -2.07. The third-order valence-corrected chi connectivity index (χ3v) is 6.33. The van der Waals surface area contributed by atoms with Gasteiger partial charge in [-0.05, 0) is 36.2 Å². The smallest absolute Gasteiger partial charge is 0.224 e. The average molecular weight is 523 g/mol. The van der Waals surface area contributed by atoms with Crippen LogP contribution in [0.5, 0.6) is 5.75 Å². The second-order valence-corrected chi connectivity index (χ2v) is 9.17. The Hall–Kier alpha value is -5.19. The minimum atomic E-state index is -0.560. The molecule has 5 heterocycles. The number of hydrogen-bond acceptors (Lipinski definition) is 7. The van der Waals surface area contributed by atoms with E-state index in [4.69, 9.17) is 4.98 Å². The first-order valence-electron chi connectivity index (χ1n) is 12.4. The number of carbonyl (C=O) groups excluding carboxylic acids is 1. The Morgan fingerprint density at radius 2 is 1.87 bits per heavy atom. The lowest BCUT2D eigenvalue weighted by atomic mass is 10.1. The number of carbonyl (C=O) groups is 1. The predicted octanol–water partition coefficient (Wildman–Crippen LogP) is 5.60. The van der Waals surface area contributed by atoms with Crippen LogP contribution in [0, 0.1) is 5.82 Å². The fourth-order valence-electron chi connectivity index (χ4n) is 4.45. The number of nitrogens with one attached hydrogen (secondary N) is 3. The number of unbranched alkanes of at least 4 members (excludes halogenated alkanes) is 1. The van der Waals surface area contributed by atoms with E-state index < -0.39 is 5.82 Å². The molecule has 6 aromatic rings. The zero-order chi connectivity index (χ0) is 26.9. The summed E-state index contributed by atoms with van der Waals surface area (Å²) in [6.45, 7) is 2.04. The van der Waals surface area contributed by atoms with Crippen LogP contribution in [0.4, 0.5) is 10.1 Å². The van der Waals surface area contributed by atoms with Gasteiger partial charge < -0.3 is 15.4 Å². The maximum atomic E-state index is 14.0. The number of rotatable bonds is 7. The van der Waals surface area contributed by atoms with Crippen molar-refractivity contribution in [2.75, 3.05) is 5.32 Å². The van der Waals surface area contributed by atoms with E-state index in [1.807, 2.05) is 19.1 Å². The fourth-order valence-corrected chi connectivity index (χ4v) is 4.45. The molecule has 0 radical (unpaired) electrons. The number of nitrogens with zero attached hydrogens (tertiary/aromatic N) is 5. The van der Waals surface area contributed by atoms with Crippen LogP contribution in [-0.4, -0.2) is 46.1 Å². The Morgan fingerprint density at radius 3 is 2.72 bits per heavy atom. The Morgan fingerprint density at radius 1 is 1.00 bits per heavy atom. The summed E-state index contributed by atoms with van der Waals surface area (Å²) in [5, 5.41) is 21.0. The van der Waals surface area contributed by atoms with Crippen LogP contribution in [0.25, 0.3) is 55.8 Å². The molecule has 0 unspecified atom stereocenters. The summed E-state index contributed by atoms with van der Waals surface area (Å²) in [6.07, 6.45) is 10.4. The number of imidazole rings is 1. The fraction of sp³-hybridized carbons (Fsp3) is 0.143. The molecule has 39 heavy (non-hydrogen) atoms. The number of amides is 1. The van der Waals surface area contributed by atoms with Gasteiger partial charge in [0.05, 0.1) is 46.5 Å². The normalized spacial score (nSPS) is 11.3. The summed E-state index contributed by atoms with van der Waals surface area (Å²) in [5.41, 5.74) is 5.47. The van der Waals surface area contributed by atoms with E-state index in [2.05, 4.69) is 35.5 Å². The topological polar surface area (TPSA) is 145 Å². The number of phenols is 1. The van der Waals surface area contributed by atoms with Crippen LogP contribution in [0.1, 0.15) is 26.2 Å². The Bertz CT molecular complexity index is 1820. The van der Waals surface area contributed by atoms with Gasteiger partial charge in [0.15, 0.2) is 5.82 Å². The van der Waals surface area contributed by atoms with Crippen molar-refractivity contribution in [3.05, 3.63) is 67.1 Å². The SMILES string of the molecule is CCCCC(=O)Nc1cncc(-c2cc3c(-c4nc5c(-c6cc(O)cc(F)c6)cncc5[nH]4)n[nH]c3cn2)c1. The number of H-pyrrole nitrogens is 2. The number of halogens is 1. The van der Waals surface area contributed by atoms with Gasteiger partial charge in [0, 0.05) is 41.4 Å². The highest BCUT2D eigenvalue weighted by Crippen LogP contribution is 2.33. The highest BCUT2D eigenvalue weighted by atomic mass is 19.1. The molecule has 11 heteroatoms. The van der Waals surface area contributed by atoms with Crippen molar-refractivity contribution < 1.29 is 14.3 Å². The highest BCUT2D eigenvalue weighted by molar-refractivity contribution is 5.97. The van der Waals surface area contributed by atoms with E-state index in [1.54, 1.807) is 31.0 Å².